The van der Waals surface area contributed by atoms with Crippen LogP contribution in [0.25, 0.3) is 0 Å². The second-order valence-corrected chi connectivity index (χ2v) is 4.74. The zero-order valence-corrected chi connectivity index (χ0v) is 10.1. The Labute approximate surface area is 93.1 Å². The first-order valence-corrected chi connectivity index (χ1v) is 5.17. The number of rotatable bonds is 2. The first-order valence-electron chi connectivity index (χ1n) is 4.38. The second-order valence-electron chi connectivity index (χ2n) is 3.89. The van der Waals surface area contributed by atoms with E-state index in [2.05, 4.69) is 27.3 Å². The molecule has 75 valence electrons. The molecule has 1 aromatic rings. The smallest absolute Gasteiger partial charge is 0.140 e. The summed E-state index contributed by atoms with van der Waals surface area (Å²) in [5.41, 5.74) is 0.616. The van der Waals surface area contributed by atoms with Crippen LogP contribution in [-0.2, 0) is 4.84 Å². The van der Waals surface area contributed by atoms with Gasteiger partial charge in [-0.15, -0.1) is 0 Å². The van der Waals surface area contributed by atoms with E-state index in [1.54, 1.807) is 0 Å². The topological polar surface area (TPSA) is 21.6 Å². The van der Waals surface area contributed by atoms with Crippen LogP contribution in [0.3, 0.4) is 0 Å². The minimum absolute atomic E-state index is 0.270. The zero-order chi connectivity index (χ0) is 10.6. The van der Waals surface area contributed by atoms with Crippen molar-refractivity contribution >= 4 is 22.1 Å². The van der Waals surface area contributed by atoms with Gasteiger partial charge in [0.2, 0.25) is 0 Å². The van der Waals surface area contributed by atoms with Gasteiger partial charge >= 0.3 is 0 Å². The van der Waals surface area contributed by atoms with E-state index in [1.807, 2.05) is 45.0 Å². The van der Waals surface area contributed by atoms with Crippen LogP contribution in [0.4, 0.5) is 0 Å². The molecule has 0 aliphatic heterocycles. The maximum atomic E-state index is 5.18. The molecular weight excluding hydrogens is 242 g/mol. The third-order valence-corrected chi connectivity index (χ3v) is 2.05. The summed E-state index contributed by atoms with van der Waals surface area (Å²) in [5.74, 6) is 0. The summed E-state index contributed by atoms with van der Waals surface area (Å²) >= 11 is 3.40. The fraction of sp³-hybridized carbons (Fsp3) is 0.364. The molecule has 14 heavy (non-hydrogen) atoms. The van der Waals surface area contributed by atoms with Crippen molar-refractivity contribution in [2.75, 3.05) is 0 Å². The third kappa shape index (κ3) is 3.92. The summed E-state index contributed by atoms with van der Waals surface area (Å²) in [6.45, 7) is 5.83. The molecule has 0 bridgehead atoms. The Morgan fingerprint density at radius 1 is 1.29 bits per heavy atom. The Hall–Kier alpha value is -0.830. The lowest BCUT2D eigenvalue weighted by atomic mass is 10.2. The zero-order valence-electron chi connectivity index (χ0n) is 8.54. The molecule has 0 saturated carbocycles. The van der Waals surface area contributed by atoms with Crippen LogP contribution in [0.15, 0.2) is 33.9 Å². The van der Waals surface area contributed by atoms with Crippen molar-refractivity contribution in [2.24, 2.45) is 5.16 Å². The van der Waals surface area contributed by atoms with Crippen LogP contribution in [0.5, 0.6) is 0 Å². The van der Waals surface area contributed by atoms with Gasteiger partial charge in [-0.1, -0.05) is 39.3 Å². The molecule has 1 aromatic carbocycles. The average molecular weight is 255 g/mol. The molecule has 0 aliphatic carbocycles. The van der Waals surface area contributed by atoms with Crippen molar-refractivity contribution in [3.8, 4) is 0 Å². The predicted octanol–water partition coefficient (Wildman–Crippen LogP) is 3.48. The minimum atomic E-state index is -0.270. The number of halogens is 1. The largest absolute Gasteiger partial charge is 0.390 e. The number of nitrogens with zero attached hydrogens (tertiary/aromatic N) is 1. The van der Waals surface area contributed by atoms with E-state index in [4.69, 9.17) is 4.84 Å². The Kier molecular flexibility index (Phi) is 3.69. The van der Waals surface area contributed by atoms with Crippen molar-refractivity contribution in [2.45, 2.75) is 26.4 Å². The Morgan fingerprint density at radius 2 is 1.93 bits per heavy atom. The molecule has 2 nitrogen and oxygen atoms in total. The van der Waals surface area contributed by atoms with E-state index >= 15 is 0 Å². The highest BCUT2D eigenvalue weighted by molar-refractivity contribution is 9.10. The van der Waals surface area contributed by atoms with Crippen molar-refractivity contribution in [1.82, 2.24) is 0 Å². The highest BCUT2D eigenvalue weighted by Gasteiger charge is 2.09. The van der Waals surface area contributed by atoms with E-state index in [9.17, 15) is 0 Å². The quantitative estimate of drug-likeness (QED) is 0.585. The molecule has 0 aromatic heterocycles. The van der Waals surface area contributed by atoms with E-state index in [0.29, 0.717) is 0 Å². The van der Waals surface area contributed by atoms with Gasteiger partial charge in [-0.05, 0) is 26.8 Å². The fourth-order valence-electron chi connectivity index (χ4n) is 0.761. The highest BCUT2D eigenvalue weighted by Crippen LogP contribution is 2.14. The highest BCUT2D eigenvalue weighted by atomic mass is 79.9. The van der Waals surface area contributed by atoms with Gasteiger partial charge in [-0.2, -0.15) is 0 Å². The molecule has 0 aliphatic rings. The van der Waals surface area contributed by atoms with Crippen LogP contribution in [0.2, 0.25) is 0 Å². The van der Waals surface area contributed by atoms with Gasteiger partial charge < -0.3 is 4.84 Å². The Balaban J connectivity index is 2.65. The molecule has 0 unspecified atom stereocenters. The molecule has 1 radical (unpaired) electrons. The summed E-state index contributed by atoms with van der Waals surface area (Å²) in [6, 6.07) is 7.73. The van der Waals surface area contributed by atoms with Gasteiger partial charge in [0.25, 0.3) is 0 Å². The van der Waals surface area contributed by atoms with Crippen LogP contribution in [-0.4, -0.2) is 11.8 Å². The first-order chi connectivity index (χ1) is 6.49. The number of hydrogen-bond donors (Lipinski definition) is 0. The van der Waals surface area contributed by atoms with Crippen LogP contribution in [0.1, 0.15) is 26.3 Å². The molecule has 0 amide bonds. The van der Waals surface area contributed by atoms with Gasteiger partial charge in [0.1, 0.15) is 11.8 Å². The van der Waals surface area contributed by atoms with Crippen LogP contribution < -0.4 is 0 Å². The lowest BCUT2D eigenvalue weighted by Gasteiger charge is -2.14. The van der Waals surface area contributed by atoms with Crippen molar-refractivity contribution < 1.29 is 4.84 Å². The van der Waals surface area contributed by atoms with Crippen molar-refractivity contribution in [1.29, 1.82) is 0 Å². The molecule has 0 saturated heterocycles. The fourth-order valence-corrected chi connectivity index (χ4v) is 1.13. The number of benzene rings is 1. The van der Waals surface area contributed by atoms with Crippen LogP contribution >= 0.6 is 15.9 Å². The summed E-state index contributed by atoms with van der Waals surface area (Å²) in [5, 5.41) is 3.79. The van der Waals surface area contributed by atoms with E-state index in [0.717, 1.165) is 10.0 Å². The summed E-state index contributed by atoms with van der Waals surface area (Å²) in [4.78, 5) is 5.18. The van der Waals surface area contributed by atoms with Crippen molar-refractivity contribution in [3.63, 3.8) is 0 Å². The molecule has 1 rings (SSSR count). The molecule has 0 heterocycles. The standard InChI is InChI=1S/C11H13BrNO/c1-11(2,3)14-13-8-9-6-4-5-7-10(9)12/h4-7H,1-3H3. The first kappa shape index (κ1) is 11.2. The van der Waals surface area contributed by atoms with Gasteiger partial charge in [0.05, 0.1) is 0 Å². The van der Waals surface area contributed by atoms with E-state index < -0.39 is 0 Å². The molecule has 0 atom stereocenters. The predicted molar refractivity (Wildman–Crippen MR) is 61.5 cm³/mol. The van der Waals surface area contributed by atoms with Crippen LogP contribution in [0, 0.1) is 0 Å². The van der Waals surface area contributed by atoms with Gasteiger partial charge in [-0.25, -0.2) is 0 Å². The summed E-state index contributed by atoms with van der Waals surface area (Å²) in [7, 11) is 0. The van der Waals surface area contributed by atoms with E-state index in [-0.39, 0.29) is 5.60 Å². The lowest BCUT2D eigenvalue weighted by molar-refractivity contribution is 0.00199. The van der Waals surface area contributed by atoms with Gasteiger partial charge in [-0.3, -0.25) is 0 Å². The second kappa shape index (κ2) is 4.60. The Bertz CT molecular complexity index is 328. The minimum Gasteiger partial charge on any atom is -0.390 e. The lowest BCUT2D eigenvalue weighted by Crippen LogP contribution is -2.15. The normalized spacial score (nSPS) is 12.0. The maximum absolute atomic E-state index is 5.18. The van der Waals surface area contributed by atoms with Crippen molar-refractivity contribution in [3.05, 3.63) is 34.3 Å². The molecule has 0 fully saturated rings. The monoisotopic (exact) mass is 254 g/mol. The molecule has 3 heteroatoms. The Morgan fingerprint density at radius 3 is 2.50 bits per heavy atom. The summed E-state index contributed by atoms with van der Waals surface area (Å²) < 4.78 is 0.959. The number of hydrogen-bond acceptors (Lipinski definition) is 2. The SMILES string of the molecule is CC(C)(C)O/N=[C]/c1ccccc1Br. The molecule has 0 N–H and O–H groups in total. The third-order valence-electron chi connectivity index (χ3n) is 1.36. The van der Waals surface area contributed by atoms with Gasteiger partial charge in [0, 0.05) is 10.0 Å². The van der Waals surface area contributed by atoms with E-state index in [1.165, 1.54) is 0 Å². The average Bonchev–Trinajstić information content (AvgIpc) is 2.06. The molecule has 0 spiro atoms. The maximum Gasteiger partial charge on any atom is 0.140 e. The van der Waals surface area contributed by atoms with Gasteiger partial charge in [0.15, 0.2) is 0 Å². The molecular formula is C11H13BrNO. The summed E-state index contributed by atoms with van der Waals surface area (Å²) in [6.07, 6.45) is 2.83.